The van der Waals surface area contributed by atoms with Crippen LogP contribution in [0, 0.1) is 0 Å². The summed E-state index contributed by atoms with van der Waals surface area (Å²) in [5, 5.41) is 31.7. The highest BCUT2D eigenvalue weighted by Gasteiger charge is 2.33. The summed E-state index contributed by atoms with van der Waals surface area (Å²) in [5.74, 6) is -11.9. The Bertz CT molecular complexity index is 1390. The van der Waals surface area contributed by atoms with E-state index in [1.165, 1.54) is 6.92 Å². The highest BCUT2D eigenvalue weighted by atomic mass is 16.4. The lowest BCUT2D eigenvalue weighted by Gasteiger charge is -2.26. The molecule has 0 aromatic rings. The van der Waals surface area contributed by atoms with Gasteiger partial charge in [-0.2, -0.15) is 0 Å². The summed E-state index contributed by atoms with van der Waals surface area (Å²) < 4.78 is 0. The van der Waals surface area contributed by atoms with Crippen LogP contribution in [0.1, 0.15) is 71.1 Å². The van der Waals surface area contributed by atoms with Crippen LogP contribution in [-0.4, -0.2) is 125 Å². The van der Waals surface area contributed by atoms with E-state index in [9.17, 15) is 57.8 Å². The number of carboxylic acid groups (broad SMARTS) is 2. The van der Waals surface area contributed by atoms with Gasteiger partial charge in [0, 0.05) is 19.3 Å². The lowest BCUT2D eigenvalue weighted by atomic mass is 10.0. The minimum atomic E-state index is -1.82. The van der Waals surface area contributed by atoms with Crippen molar-refractivity contribution in [2.75, 3.05) is 13.1 Å². The van der Waals surface area contributed by atoms with E-state index in [1.807, 2.05) is 0 Å². The number of amides is 9. The van der Waals surface area contributed by atoms with Gasteiger partial charge in [-0.05, 0) is 52.0 Å². The monoisotopic (exact) mass is 773 g/mol. The van der Waals surface area contributed by atoms with E-state index in [0.717, 1.165) is 0 Å². The molecule has 18 N–H and O–H groups in total. The van der Waals surface area contributed by atoms with Crippen molar-refractivity contribution in [3.05, 3.63) is 0 Å². The molecule has 0 aromatic heterocycles. The maximum absolute atomic E-state index is 13.4. The summed E-state index contributed by atoms with van der Waals surface area (Å²) >= 11 is 0. The van der Waals surface area contributed by atoms with Crippen molar-refractivity contribution in [2.24, 2.45) is 28.7 Å². The highest BCUT2D eigenvalue weighted by Crippen LogP contribution is 2.06. The zero-order valence-electron chi connectivity index (χ0n) is 29.7. The summed E-state index contributed by atoms with van der Waals surface area (Å²) in [6.07, 6.45) is -2.87. The van der Waals surface area contributed by atoms with Crippen LogP contribution in [0.2, 0.25) is 0 Å². The normalized spacial score (nSPS) is 14.0. The van der Waals surface area contributed by atoms with Crippen LogP contribution in [0.15, 0.2) is 0 Å². The molecule has 0 aromatic carbocycles. The molecule has 6 atom stereocenters. The van der Waals surface area contributed by atoms with Gasteiger partial charge in [-0.15, -0.1) is 0 Å². The summed E-state index contributed by atoms with van der Waals surface area (Å²) in [6, 6.07) is -9.06. The van der Waals surface area contributed by atoms with Crippen LogP contribution in [0.5, 0.6) is 0 Å². The second-order valence-electron chi connectivity index (χ2n) is 12.1. The summed E-state index contributed by atoms with van der Waals surface area (Å²) in [6.45, 7) is 0.834. The van der Waals surface area contributed by atoms with E-state index < -0.39 is 153 Å². The number of nitrogens with two attached hydrogens (primary N) is 5. The van der Waals surface area contributed by atoms with Crippen LogP contribution in [0.4, 0.5) is 0 Å². The molecular formula is C30H51N11O13. The average Bonchev–Trinajstić information content (AvgIpc) is 3.07. The number of carbonyl (C=O) groups is 11. The number of hydrogen-bond acceptors (Lipinski definition) is 13. The first kappa shape index (κ1) is 48.1. The summed E-state index contributed by atoms with van der Waals surface area (Å²) in [4.78, 5) is 135. The fourth-order valence-corrected chi connectivity index (χ4v) is 4.46. The van der Waals surface area contributed by atoms with Gasteiger partial charge < -0.3 is 70.8 Å². The SMILES string of the molecule is C[C@H](N)C(=O)N[C@@H](CCC(=O)O)C(=O)N[C@@H](CC(N)=O)C(=O)N[C@@H](CCC(N)=O)C(=O)N[C@@H](CCC(N)=O)C(=O)NCC(=O)N[C@@H](CCCCN)C(=O)O. The predicted octanol–water partition coefficient (Wildman–Crippen LogP) is -6.64. The third-order valence-electron chi connectivity index (χ3n) is 7.36. The molecule has 0 aliphatic rings. The van der Waals surface area contributed by atoms with E-state index in [0.29, 0.717) is 19.4 Å². The minimum Gasteiger partial charge on any atom is -0.481 e. The number of carbonyl (C=O) groups excluding carboxylic acids is 9. The van der Waals surface area contributed by atoms with Gasteiger partial charge in [-0.3, -0.25) is 47.9 Å². The Labute approximate surface area is 309 Å². The third-order valence-corrected chi connectivity index (χ3v) is 7.36. The molecule has 0 aliphatic carbocycles. The molecule has 0 bridgehead atoms. The molecule has 24 nitrogen and oxygen atoms in total. The summed E-state index contributed by atoms with van der Waals surface area (Å²) in [7, 11) is 0. The number of unbranched alkanes of at least 4 members (excludes halogenated alkanes) is 1. The zero-order valence-corrected chi connectivity index (χ0v) is 29.7. The van der Waals surface area contributed by atoms with Gasteiger partial charge in [-0.25, -0.2) is 4.79 Å². The van der Waals surface area contributed by atoms with Crippen LogP contribution < -0.4 is 60.6 Å². The highest BCUT2D eigenvalue weighted by molar-refractivity contribution is 5.98. The maximum Gasteiger partial charge on any atom is 0.326 e. The molecule has 24 heteroatoms. The first-order valence-electron chi connectivity index (χ1n) is 16.7. The summed E-state index contributed by atoms with van der Waals surface area (Å²) in [5.41, 5.74) is 26.6. The van der Waals surface area contributed by atoms with E-state index in [1.54, 1.807) is 0 Å². The molecule has 0 spiro atoms. The second-order valence-corrected chi connectivity index (χ2v) is 12.1. The average molecular weight is 774 g/mol. The molecular weight excluding hydrogens is 722 g/mol. The molecule has 0 radical (unpaired) electrons. The molecule has 0 rings (SSSR count). The Morgan fingerprint density at radius 2 is 0.981 bits per heavy atom. The van der Waals surface area contributed by atoms with Gasteiger partial charge in [0.05, 0.1) is 19.0 Å². The number of primary amides is 3. The number of rotatable bonds is 28. The van der Waals surface area contributed by atoms with Crippen LogP contribution in [0.3, 0.4) is 0 Å². The molecule has 0 saturated carbocycles. The Kier molecular flexibility index (Phi) is 22.4. The van der Waals surface area contributed by atoms with E-state index in [2.05, 4.69) is 31.9 Å². The first-order valence-corrected chi connectivity index (χ1v) is 16.7. The topological polar surface area (TPSA) is 431 Å². The first-order chi connectivity index (χ1) is 25.2. The van der Waals surface area contributed by atoms with Crippen LogP contribution in [-0.2, 0) is 52.7 Å². The van der Waals surface area contributed by atoms with Crippen molar-refractivity contribution in [3.63, 3.8) is 0 Å². The third kappa shape index (κ3) is 20.8. The van der Waals surface area contributed by atoms with Gasteiger partial charge >= 0.3 is 11.9 Å². The van der Waals surface area contributed by atoms with E-state index >= 15 is 0 Å². The van der Waals surface area contributed by atoms with Crippen molar-refractivity contribution in [1.82, 2.24) is 31.9 Å². The molecule has 54 heavy (non-hydrogen) atoms. The van der Waals surface area contributed by atoms with Crippen molar-refractivity contribution < 1.29 is 63.0 Å². The van der Waals surface area contributed by atoms with Gasteiger partial charge in [-0.1, -0.05) is 0 Å². The Morgan fingerprint density at radius 1 is 0.537 bits per heavy atom. The van der Waals surface area contributed by atoms with Gasteiger partial charge in [0.15, 0.2) is 0 Å². The molecule has 0 saturated heterocycles. The van der Waals surface area contributed by atoms with Crippen LogP contribution >= 0.6 is 0 Å². The second kappa shape index (κ2) is 25.1. The number of nitrogens with one attached hydrogen (secondary N) is 6. The standard InChI is InChI=1S/C30H51N11O13/c1-14(32)25(48)38-17(7-10-24(46)47)28(51)41-19(12-22(35)44)29(52)40-16(6-9-21(34)43)27(50)39-15(5-8-20(33)42)26(49)36-13-23(45)37-18(30(53)54)4-2-3-11-31/h14-19H,2-13,31-32H2,1H3,(H2,33,42)(H2,34,43)(H2,35,44)(H,36,49)(H,37,45)(H,38,48)(H,39,50)(H,40,52)(H,41,51)(H,46,47)(H,53,54)/t14-,15-,16-,17-,18-,19-/m0/s1. The number of carboxylic acids is 2. The predicted molar refractivity (Wildman–Crippen MR) is 184 cm³/mol. The molecule has 0 aliphatic heterocycles. The van der Waals surface area contributed by atoms with E-state index in [4.69, 9.17) is 33.8 Å². The molecule has 304 valence electrons. The van der Waals surface area contributed by atoms with Crippen LogP contribution in [0.25, 0.3) is 0 Å². The Hall–Kier alpha value is -5.91. The quantitative estimate of drug-likeness (QED) is 0.0329. The molecule has 0 unspecified atom stereocenters. The number of hydrogen-bond donors (Lipinski definition) is 13. The van der Waals surface area contributed by atoms with E-state index in [-0.39, 0.29) is 6.42 Å². The Balaban J connectivity index is 6.11. The van der Waals surface area contributed by atoms with Gasteiger partial charge in [0.1, 0.15) is 30.2 Å². The minimum absolute atomic E-state index is 0.0569. The zero-order chi connectivity index (χ0) is 41.5. The van der Waals surface area contributed by atoms with Crippen molar-refractivity contribution in [1.29, 1.82) is 0 Å². The molecule has 0 heterocycles. The molecule has 0 fully saturated rings. The lowest BCUT2D eigenvalue weighted by Crippen LogP contribution is -2.59. The Morgan fingerprint density at radius 3 is 1.41 bits per heavy atom. The fraction of sp³-hybridized carbons (Fsp3) is 0.633. The van der Waals surface area contributed by atoms with Crippen molar-refractivity contribution in [3.8, 4) is 0 Å². The maximum atomic E-state index is 13.4. The van der Waals surface area contributed by atoms with Crippen molar-refractivity contribution in [2.45, 2.75) is 107 Å². The fourth-order valence-electron chi connectivity index (χ4n) is 4.46. The van der Waals surface area contributed by atoms with Crippen molar-refractivity contribution >= 4 is 65.1 Å². The lowest BCUT2D eigenvalue weighted by molar-refractivity contribution is -0.142. The smallest absolute Gasteiger partial charge is 0.326 e. The van der Waals surface area contributed by atoms with Gasteiger partial charge in [0.25, 0.3) is 0 Å². The molecule has 9 amide bonds. The number of aliphatic carboxylic acids is 2. The van der Waals surface area contributed by atoms with Gasteiger partial charge in [0.2, 0.25) is 53.2 Å². The largest absolute Gasteiger partial charge is 0.481 e.